The van der Waals surface area contributed by atoms with E-state index >= 15 is 0 Å². The van der Waals surface area contributed by atoms with Gasteiger partial charge in [0.15, 0.2) is 0 Å². The molecule has 0 aromatic heterocycles. The lowest BCUT2D eigenvalue weighted by Gasteiger charge is -2.38. The molecule has 0 aliphatic carbocycles. The molecule has 1 aliphatic rings. The van der Waals surface area contributed by atoms with E-state index in [1.54, 1.807) is 6.07 Å². The molecule has 0 spiro atoms. The molecule has 0 radical (unpaired) electrons. The second-order valence-corrected chi connectivity index (χ2v) is 5.23. The van der Waals surface area contributed by atoms with E-state index in [1.165, 1.54) is 0 Å². The van der Waals surface area contributed by atoms with Gasteiger partial charge in [0.05, 0.1) is 16.3 Å². The Morgan fingerprint density at radius 2 is 2.28 bits per heavy atom. The van der Waals surface area contributed by atoms with E-state index in [9.17, 15) is 4.79 Å². The van der Waals surface area contributed by atoms with Gasteiger partial charge in [0, 0.05) is 13.1 Å². The molecule has 18 heavy (non-hydrogen) atoms. The van der Waals surface area contributed by atoms with Gasteiger partial charge < -0.3 is 15.4 Å². The molecule has 1 fully saturated rings. The molecule has 0 bridgehead atoms. The Balaban J connectivity index is 1.91. The molecule has 0 atom stereocenters. The summed E-state index contributed by atoms with van der Waals surface area (Å²) in [6.07, 6.45) is 0. The van der Waals surface area contributed by atoms with Crippen molar-refractivity contribution >= 4 is 23.2 Å². The Morgan fingerprint density at radius 1 is 1.56 bits per heavy atom. The number of hydrogen-bond acceptors (Lipinski definition) is 3. The van der Waals surface area contributed by atoms with Crippen molar-refractivity contribution in [1.82, 2.24) is 5.32 Å². The van der Waals surface area contributed by atoms with Crippen LogP contribution < -0.4 is 10.6 Å². The average Bonchev–Trinajstić information content (AvgIpc) is 2.29. The standard InChI is InChI=1S/C13H17ClN2O2/c1-9-4-3-5-10(14)12(9)16-11(17)6-18-13(2)7-15-8-13/h3-5,15H,6-8H2,1-2H3,(H,16,17). The first-order chi connectivity index (χ1) is 8.50. The number of amides is 1. The maximum atomic E-state index is 11.8. The molecule has 2 N–H and O–H groups in total. The van der Waals surface area contributed by atoms with Gasteiger partial charge in [0.25, 0.3) is 0 Å². The number of carbonyl (C=O) groups excluding carboxylic acids is 1. The van der Waals surface area contributed by atoms with E-state index in [4.69, 9.17) is 16.3 Å². The van der Waals surface area contributed by atoms with Gasteiger partial charge in [0.2, 0.25) is 5.91 Å². The van der Waals surface area contributed by atoms with E-state index in [2.05, 4.69) is 10.6 Å². The van der Waals surface area contributed by atoms with Crippen LogP contribution in [0.25, 0.3) is 0 Å². The summed E-state index contributed by atoms with van der Waals surface area (Å²) in [5, 5.41) is 6.44. The van der Waals surface area contributed by atoms with Crippen molar-refractivity contribution in [2.45, 2.75) is 19.4 Å². The van der Waals surface area contributed by atoms with E-state index < -0.39 is 0 Å². The highest BCUT2D eigenvalue weighted by Crippen LogP contribution is 2.25. The first-order valence-electron chi connectivity index (χ1n) is 5.90. The number of halogens is 1. The Morgan fingerprint density at radius 3 is 2.83 bits per heavy atom. The number of benzene rings is 1. The molecule has 1 saturated heterocycles. The number of rotatable bonds is 4. The first kappa shape index (κ1) is 13.3. The maximum absolute atomic E-state index is 11.8. The molecule has 0 saturated carbocycles. The molecular formula is C13H17ClN2O2. The highest BCUT2D eigenvalue weighted by Gasteiger charge is 2.33. The van der Waals surface area contributed by atoms with E-state index in [0.717, 1.165) is 18.7 Å². The zero-order valence-electron chi connectivity index (χ0n) is 10.5. The highest BCUT2D eigenvalue weighted by atomic mass is 35.5. The fraction of sp³-hybridized carbons (Fsp3) is 0.462. The number of carbonyl (C=O) groups is 1. The smallest absolute Gasteiger partial charge is 0.250 e. The Labute approximate surface area is 112 Å². The minimum Gasteiger partial charge on any atom is -0.363 e. The minimum atomic E-state index is -0.215. The molecule has 1 heterocycles. The summed E-state index contributed by atoms with van der Waals surface area (Å²) < 4.78 is 5.56. The number of nitrogens with one attached hydrogen (secondary N) is 2. The molecule has 4 nitrogen and oxygen atoms in total. The van der Waals surface area contributed by atoms with Crippen LogP contribution in [-0.4, -0.2) is 31.2 Å². The average molecular weight is 269 g/mol. The van der Waals surface area contributed by atoms with Crippen molar-refractivity contribution in [2.24, 2.45) is 0 Å². The predicted molar refractivity (Wildman–Crippen MR) is 72.0 cm³/mol. The summed E-state index contributed by atoms with van der Waals surface area (Å²) in [6, 6.07) is 5.51. The van der Waals surface area contributed by atoms with Crippen LogP contribution in [0, 0.1) is 6.92 Å². The van der Waals surface area contributed by atoms with Crippen LogP contribution in [0.1, 0.15) is 12.5 Å². The predicted octanol–water partition coefficient (Wildman–Crippen LogP) is 1.97. The van der Waals surface area contributed by atoms with Gasteiger partial charge in [-0.25, -0.2) is 0 Å². The summed E-state index contributed by atoms with van der Waals surface area (Å²) in [4.78, 5) is 11.8. The third-order valence-corrected chi connectivity index (χ3v) is 3.35. The van der Waals surface area contributed by atoms with Gasteiger partial charge in [-0.3, -0.25) is 4.79 Å². The molecule has 1 aliphatic heterocycles. The second-order valence-electron chi connectivity index (χ2n) is 4.82. The highest BCUT2D eigenvalue weighted by molar-refractivity contribution is 6.33. The van der Waals surface area contributed by atoms with Gasteiger partial charge in [-0.05, 0) is 25.5 Å². The molecule has 0 unspecified atom stereocenters. The number of ether oxygens (including phenoxy) is 1. The molecular weight excluding hydrogens is 252 g/mol. The van der Waals surface area contributed by atoms with Crippen molar-refractivity contribution in [3.05, 3.63) is 28.8 Å². The number of aryl methyl sites for hydroxylation is 1. The zero-order chi connectivity index (χ0) is 13.2. The molecule has 98 valence electrons. The Hall–Kier alpha value is -1.10. The van der Waals surface area contributed by atoms with Crippen LogP contribution >= 0.6 is 11.6 Å². The van der Waals surface area contributed by atoms with Crippen molar-refractivity contribution in [3.8, 4) is 0 Å². The van der Waals surface area contributed by atoms with Crippen LogP contribution in [0.3, 0.4) is 0 Å². The lowest BCUT2D eigenvalue weighted by molar-refractivity contribution is -0.130. The lowest BCUT2D eigenvalue weighted by atomic mass is 10.0. The van der Waals surface area contributed by atoms with E-state index in [-0.39, 0.29) is 18.1 Å². The summed E-state index contributed by atoms with van der Waals surface area (Å²) in [7, 11) is 0. The third kappa shape index (κ3) is 3.02. The monoisotopic (exact) mass is 268 g/mol. The summed E-state index contributed by atoms with van der Waals surface area (Å²) in [6.45, 7) is 5.50. The van der Waals surface area contributed by atoms with Gasteiger partial charge in [-0.2, -0.15) is 0 Å². The molecule has 1 amide bonds. The summed E-state index contributed by atoms with van der Waals surface area (Å²) >= 11 is 6.04. The second kappa shape index (κ2) is 5.26. The van der Waals surface area contributed by atoms with Crippen LogP contribution in [0.5, 0.6) is 0 Å². The zero-order valence-corrected chi connectivity index (χ0v) is 11.3. The van der Waals surface area contributed by atoms with Gasteiger partial charge in [0.1, 0.15) is 6.61 Å². The quantitative estimate of drug-likeness (QED) is 0.878. The maximum Gasteiger partial charge on any atom is 0.250 e. The Bertz CT molecular complexity index is 438. The van der Waals surface area contributed by atoms with Gasteiger partial charge in [-0.1, -0.05) is 23.7 Å². The number of hydrogen-bond donors (Lipinski definition) is 2. The molecule has 2 rings (SSSR count). The number of anilines is 1. The summed E-state index contributed by atoms with van der Waals surface area (Å²) in [5.41, 5.74) is 1.38. The van der Waals surface area contributed by atoms with Crippen molar-refractivity contribution in [2.75, 3.05) is 25.0 Å². The van der Waals surface area contributed by atoms with Crippen LogP contribution in [0.15, 0.2) is 18.2 Å². The Kier molecular flexibility index (Phi) is 3.90. The van der Waals surface area contributed by atoms with Crippen molar-refractivity contribution in [3.63, 3.8) is 0 Å². The largest absolute Gasteiger partial charge is 0.363 e. The van der Waals surface area contributed by atoms with E-state index in [1.807, 2.05) is 26.0 Å². The third-order valence-electron chi connectivity index (χ3n) is 3.04. The van der Waals surface area contributed by atoms with Crippen LogP contribution in [0.2, 0.25) is 5.02 Å². The lowest BCUT2D eigenvalue weighted by Crippen LogP contribution is -2.59. The fourth-order valence-electron chi connectivity index (χ4n) is 1.78. The number of para-hydroxylation sites is 1. The van der Waals surface area contributed by atoms with Gasteiger partial charge >= 0.3 is 0 Å². The normalized spacial score (nSPS) is 17.1. The van der Waals surface area contributed by atoms with Gasteiger partial charge in [-0.15, -0.1) is 0 Å². The van der Waals surface area contributed by atoms with E-state index in [0.29, 0.717) is 10.7 Å². The fourth-order valence-corrected chi connectivity index (χ4v) is 2.05. The topological polar surface area (TPSA) is 50.4 Å². The summed E-state index contributed by atoms with van der Waals surface area (Å²) in [5.74, 6) is -0.181. The minimum absolute atomic E-state index is 0.0445. The molecule has 5 heteroatoms. The van der Waals surface area contributed by atoms with Crippen molar-refractivity contribution < 1.29 is 9.53 Å². The SMILES string of the molecule is Cc1cccc(Cl)c1NC(=O)COC1(C)CNC1. The molecule has 1 aromatic rings. The van der Waals surface area contributed by atoms with Crippen molar-refractivity contribution in [1.29, 1.82) is 0 Å². The van der Waals surface area contributed by atoms with Crippen LogP contribution in [0.4, 0.5) is 5.69 Å². The molecule has 1 aromatic carbocycles. The first-order valence-corrected chi connectivity index (χ1v) is 6.28. The van der Waals surface area contributed by atoms with Crippen LogP contribution in [-0.2, 0) is 9.53 Å².